The summed E-state index contributed by atoms with van der Waals surface area (Å²) in [6, 6.07) is 12.2. The number of anilines is 1. The molecule has 4 aromatic rings. The van der Waals surface area contributed by atoms with Crippen LogP contribution in [0.2, 0.25) is 10.2 Å². The molecule has 0 aliphatic rings. The highest BCUT2D eigenvalue weighted by molar-refractivity contribution is 7.20. The van der Waals surface area contributed by atoms with Gasteiger partial charge in [-0.05, 0) is 56.3 Å². The Kier molecular flexibility index (Phi) is 5.95. The number of ether oxygens (including phenoxy) is 1. The van der Waals surface area contributed by atoms with E-state index >= 15 is 0 Å². The van der Waals surface area contributed by atoms with E-state index in [0.29, 0.717) is 15.6 Å². The zero-order valence-electron chi connectivity index (χ0n) is 16.4. The van der Waals surface area contributed by atoms with Gasteiger partial charge in [-0.1, -0.05) is 23.2 Å². The van der Waals surface area contributed by atoms with E-state index in [9.17, 15) is 9.59 Å². The third-order valence-electron chi connectivity index (χ3n) is 4.49. The topological polar surface area (TPSA) is 86.1 Å². The smallest absolute Gasteiger partial charge is 0.349 e. The molecule has 3 aromatic heterocycles. The van der Waals surface area contributed by atoms with Crippen LogP contribution in [0.4, 0.5) is 5.69 Å². The van der Waals surface area contributed by atoms with E-state index in [0.717, 1.165) is 21.6 Å². The number of pyridine rings is 1. The van der Waals surface area contributed by atoms with Crippen molar-refractivity contribution in [2.24, 2.45) is 0 Å². The van der Waals surface area contributed by atoms with Crippen LogP contribution in [0, 0.1) is 6.92 Å². The summed E-state index contributed by atoms with van der Waals surface area (Å²) in [5.41, 5.74) is 1.94. The molecule has 0 unspecified atom stereocenters. The zero-order valence-corrected chi connectivity index (χ0v) is 18.8. The number of benzene rings is 1. The van der Waals surface area contributed by atoms with E-state index in [1.807, 2.05) is 19.1 Å². The fraction of sp³-hybridized carbons (Fsp3) is 0.143. The molecule has 1 amide bonds. The van der Waals surface area contributed by atoms with Gasteiger partial charge in [0.2, 0.25) is 0 Å². The summed E-state index contributed by atoms with van der Waals surface area (Å²) in [7, 11) is 0. The van der Waals surface area contributed by atoms with Crippen molar-refractivity contribution in [3.63, 3.8) is 0 Å². The van der Waals surface area contributed by atoms with Crippen molar-refractivity contribution in [3.8, 4) is 5.69 Å². The van der Waals surface area contributed by atoms with Crippen molar-refractivity contribution in [2.75, 3.05) is 5.32 Å². The molecule has 1 aromatic carbocycles. The van der Waals surface area contributed by atoms with Crippen LogP contribution in [-0.4, -0.2) is 32.7 Å². The Morgan fingerprint density at radius 1 is 1.19 bits per heavy atom. The molecule has 0 fully saturated rings. The van der Waals surface area contributed by atoms with Gasteiger partial charge in [-0.15, -0.1) is 11.3 Å². The van der Waals surface area contributed by atoms with Gasteiger partial charge in [0.15, 0.2) is 11.3 Å². The first-order valence-electron chi connectivity index (χ1n) is 9.21. The summed E-state index contributed by atoms with van der Waals surface area (Å²) in [6.45, 7) is 3.36. The first-order chi connectivity index (χ1) is 14.8. The van der Waals surface area contributed by atoms with Crippen molar-refractivity contribution in [2.45, 2.75) is 20.0 Å². The van der Waals surface area contributed by atoms with Crippen LogP contribution >= 0.6 is 34.5 Å². The molecule has 0 bridgehead atoms. The number of halogens is 2. The van der Waals surface area contributed by atoms with Crippen molar-refractivity contribution in [1.82, 2.24) is 14.8 Å². The summed E-state index contributed by atoms with van der Waals surface area (Å²) >= 11 is 13.2. The average molecular weight is 475 g/mol. The van der Waals surface area contributed by atoms with Crippen LogP contribution < -0.4 is 5.32 Å². The van der Waals surface area contributed by atoms with Crippen LogP contribution in [0.25, 0.3) is 15.9 Å². The number of hydrogen-bond acceptors (Lipinski definition) is 6. The van der Waals surface area contributed by atoms with Crippen molar-refractivity contribution < 1.29 is 14.3 Å². The van der Waals surface area contributed by atoms with Crippen molar-refractivity contribution >= 4 is 62.3 Å². The summed E-state index contributed by atoms with van der Waals surface area (Å²) in [5, 5.41) is 8.76. The number of carbonyl (C=O) groups excluding carboxylic acids is 2. The quantitative estimate of drug-likeness (QED) is 0.314. The highest BCUT2D eigenvalue weighted by Gasteiger charge is 2.23. The number of nitrogens with one attached hydrogen (secondary N) is 1. The van der Waals surface area contributed by atoms with Gasteiger partial charge in [0.05, 0.1) is 17.1 Å². The molecule has 31 heavy (non-hydrogen) atoms. The molecular weight excluding hydrogens is 459 g/mol. The Balaban J connectivity index is 1.53. The molecule has 0 radical (unpaired) electrons. The lowest BCUT2D eigenvalue weighted by atomic mass is 10.3. The number of aryl methyl sites for hydroxylation is 1. The Hall–Kier alpha value is -2.94. The zero-order chi connectivity index (χ0) is 22.1. The number of amides is 1. The van der Waals surface area contributed by atoms with E-state index in [-0.39, 0.29) is 5.15 Å². The number of carbonyl (C=O) groups is 2. The van der Waals surface area contributed by atoms with E-state index in [1.54, 1.807) is 35.0 Å². The van der Waals surface area contributed by atoms with Gasteiger partial charge in [-0.25, -0.2) is 14.5 Å². The predicted molar refractivity (Wildman–Crippen MR) is 121 cm³/mol. The number of rotatable bonds is 5. The molecule has 10 heteroatoms. The van der Waals surface area contributed by atoms with Gasteiger partial charge >= 0.3 is 5.97 Å². The monoisotopic (exact) mass is 474 g/mol. The SMILES string of the molecule is Cc1nn(-c2ccc(Cl)cc2)c2sc(C(=O)O[C@H](C)C(=O)Nc3cccnc3Cl)cc12. The highest BCUT2D eigenvalue weighted by atomic mass is 35.5. The summed E-state index contributed by atoms with van der Waals surface area (Å²) in [5.74, 6) is -1.10. The normalized spacial score (nSPS) is 12.0. The standard InChI is InChI=1S/C21H16Cl2N4O3S/c1-11-15-10-17(31-20(15)27(26-11)14-7-5-13(22)6-8-14)21(29)30-12(2)19(28)25-16-4-3-9-24-18(16)23/h3-10,12H,1-2H3,(H,25,28)/t12-/m1/s1. The molecule has 158 valence electrons. The Labute approximate surface area is 191 Å². The minimum atomic E-state index is -1.03. The van der Waals surface area contributed by atoms with E-state index in [1.165, 1.54) is 24.5 Å². The van der Waals surface area contributed by atoms with Crippen molar-refractivity contribution in [1.29, 1.82) is 0 Å². The van der Waals surface area contributed by atoms with E-state index in [4.69, 9.17) is 27.9 Å². The van der Waals surface area contributed by atoms with E-state index in [2.05, 4.69) is 15.4 Å². The number of aromatic nitrogens is 3. The highest BCUT2D eigenvalue weighted by Crippen LogP contribution is 2.31. The molecule has 0 aliphatic heterocycles. The number of esters is 1. The van der Waals surface area contributed by atoms with Gasteiger partial charge in [0.25, 0.3) is 5.91 Å². The molecule has 0 saturated heterocycles. The Morgan fingerprint density at radius 3 is 2.65 bits per heavy atom. The molecule has 1 atom stereocenters. The molecule has 0 aliphatic carbocycles. The largest absolute Gasteiger partial charge is 0.448 e. The van der Waals surface area contributed by atoms with Gasteiger partial charge in [0.1, 0.15) is 9.71 Å². The molecule has 0 saturated carbocycles. The molecule has 3 heterocycles. The fourth-order valence-electron chi connectivity index (χ4n) is 2.89. The van der Waals surface area contributed by atoms with Crippen LogP contribution in [0.15, 0.2) is 48.7 Å². The Bertz CT molecular complexity index is 1280. The number of fused-ring (bicyclic) bond motifs is 1. The molecular formula is C21H16Cl2N4O3S. The Morgan fingerprint density at radius 2 is 1.94 bits per heavy atom. The maximum Gasteiger partial charge on any atom is 0.349 e. The second-order valence-corrected chi connectivity index (χ2v) is 8.51. The predicted octanol–water partition coefficient (Wildman–Crippen LogP) is 5.28. The van der Waals surface area contributed by atoms with Crippen LogP contribution in [-0.2, 0) is 9.53 Å². The maximum atomic E-state index is 12.7. The van der Waals surface area contributed by atoms with Crippen LogP contribution in [0.5, 0.6) is 0 Å². The second kappa shape index (κ2) is 8.66. The minimum Gasteiger partial charge on any atom is -0.448 e. The molecule has 1 N–H and O–H groups in total. The number of thiophene rings is 1. The number of nitrogens with zero attached hydrogens (tertiary/aromatic N) is 3. The van der Waals surface area contributed by atoms with Gasteiger partial charge in [-0.2, -0.15) is 5.10 Å². The maximum absolute atomic E-state index is 12.7. The van der Waals surface area contributed by atoms with Gasteiger partial charge in [0, 0.05) is 16.6 Å². The fourth-order valence-corrected chi connectivity index (χ4v) is 4.25. The lowest BCUT2D eigenvalue weighted by molar-refractivity contribution is -0.123. The second-order valence-electron chi connectivity index (χ2n) is 6.68. The first-order valence-corrected chi connectivity index (χ1v) is 10.8. The van der Waals surface area contributed by atoms with E-state index < -0.39 is 18.0 Å². The summed E-state index contributed by atoms with van der Waals surface area (Å²) in [4.78, 5) is 30.1. The lowest BCUT2D eigenvalue weighted by Crippen LogP contribution is -2.29. The molecule has 0 spiro atoms. The minimum absolute atomic E-state index is 0.154. The summed E-state index contributed by atoms with van der Waals surface area (Å²) in [6.07, 6.45) is 0.485. The molecule has 4 rings (SSSR count). The summed E-state index contributed by atoms with van der Waals surface area (Å²) < 4.78 is 7.11. The van der Waals surface area contributed by atoms with Gasteiger partial charge in [-0.3, -0.25) is 4.79 Å². The molecule has 7 nitrogen and oxygen atoms in total. The van der Waals surface area contributed by atoms with Crippen LogP contribution in [0.1, 0.15) is 22.3 Å². The third kappa shape index (κ3) is 4.41. The third-order valence-corrected chi connectivity index (χ3v) is 6.13. The first kappa shape index (κ1) is 21.3. The van der Waals surface area contributed by atoms with Crippen molar-refractivity contribution in [3.05, 3.63) is 69.4 Å². The number of hydrogen-bond donors (Lipinski definition) is 1. The van der Waals surface area contributed by atoms with Crippen LogP contribution in [0.3, 0.4) is 0 Å². The lowest BCUT2D eigenvalue weighted by Gasteiger charge is -2.13. The average Bonchev–Trinajstić information content (AvgIpc) is 3.31. The van der Waals surface area contributed by atoms with Gasteiger partial charge < -0.3 is 10.1 Å².